The molecule has 1 aromatic carbocycles. The van der Waals surface area contributed by atoms with Crippen molar-refractivity contribution >= 4 is 39.8 Å². The Morgan fingerprint density at radius 1 is 1.32 bits per heavy atom. The zero-order valence-electron chi connectivity index (χ0n) is 14.0. The molecule has 2 heterocycles. The van der Waals surface area contributed by atoms with Crippen molar-refractivity contribution in [2.24, 2.45) is 0 Å². The minimum Gasteiger partial charge on any atom is -0.497 e. The van der Waals surface area contributed by atoms with E-state index in [0.29, 0.717) is 10.9 Å². The summed E-state index contributed by atoms with van der Waals surface area (Å²) in [4.78, 5) is 12.0. The Labute approximate surface area is 155 Å². The number of benzene rings is 1. The summed E-state index contributed by atoms with van der Waals surface area (Å²) in [5.41, 5.74) is 3.83. The molecule has 1 saturated heterocycles. The molecule has 2 N–H and O–H groups in total. The fraction of sp³-hybridized carbons (Fsp3) is 0.438. The van der Waals surface area contributed by atoms with Crippen molar-refractivity contribution in [3.8, 4) is 5.75 Å². The van der Waals surface area contributed by atoms with Gasteiger partial charge in [0, 0.05) is 24.8 Å². The van der Waals surface area contributed by atoms with Crippen LogP contribution in [-0.4, -0.2) is 47.1 Å². The SMILES string of the molecule is COc1cccc(Nc2nnc(SCC(=O)NN3CCCCC3)s2)c1. The number of piperidine rings is 1. The monoisotopic (exact) mass is 379 g/mol. The number of carbonyl (C=O) groups excluding carboxylic acids is 1. The third-order valence-corrected chi connectivity index (χ3v) is 5.67. The predicted molar refractivity (Wildman–Crippen MR) is 100 cm³/mol. The maximum atomic E-state index is 12.0. The molecule has 0 aliphatic carbocycles. The van der Waals surface area contributed by atoms with E-state index in [0.717, 1.165) is 41.7 Å². The largest absolute Gasteiger partial charge is 0.497 e. The summed E-state index contributed by atoms with van der Waals surface area (Å²) in [6.07, 6.45) is 3.53. The molecule has 1 fully saturated rings. The van der Waals surface area contributed by atoms with Gasteiger partial charge in [-0.05, 0) is 25.0 Å². The van der Waals surface area contributed by atoms with E-state index < -0.39 is 0 Å². The van der Waals surface area contributed by atoms with Gasteiger partial charge in [0.05, 0.1) is 12.9 Å². The van der Waals surface area contributed by atoms with E-state index in [-0.39, 0.29) is 5.91 Å². The maximum absolute atomic E-state index is 12.0. The lowest BCUT2D eigenvalue weighted by atomic mass is 10.2. The molecule has 0 bridgehead atoms. The molecule has 0 saturated carbocycles. The number of thioether (sulfide) groups is 1. The van der Waals surface area contributed by atoms with Crippen LogP contribution in [0.5, 0.6) is 5.75 Å². The van der Waals surface area contributed by atoms with Crippen LogP contribution in [0.3, 0.4) is 0 Å². The number of carbonyl (C=O) groups is 1. The lowest BCUT2D eigenvalue weighted by Gasteiger charge is -2.26. The first kappa shape index (κ1) is 18.0. The van der Waals surface area contributed by atoms with Gasteiger partial charge in [0.2, 0.25) is 11.0 Å². The summed E-state index contributed by atoms with van der Waals surface area (Å²) < 4.78 is 5.96. The molecule has 7 nitrogen and oxygen atoms in total. The second-order valence-electron chi connectivity index (χ2n) is 5.60. The average Bonchev–Trinajstić information content (AvgIpc) is 3.08. The Kier molecular flexibility index (Phi) is 6.48. The molecule has 0 unspecified atom stereocenters. The first-order valence-corrected chi connectivity index (χ1v) is 9.95. The number of methoxy groups -OCH3 is 1. The van der Waals surface area contributed by atoms with E-state index in [4.69, 9.17) is 4.74 Å². The highest BCUT2D eigenvalue weighted by atomic mass is 32.2. The van der Waals surface area contributed by atoms with Crippen LogP contribution in [0.4, 0.5) is 10.8 Å². The molecule has 25 heavy (non-hydrogen) atoms. The van der Waals surface area contributed by atoms with Crippen molar-refractivity contribution in [2.45, 2.75) is 23.6 Å². The number of aromatic nitrogens is 2. The van der Waals surface area contributed by atoms with Crippen LogP contribution < -0.4 is 15.5 Å². The molecular formula is C16H21N5O2S2. The summed E-state index contributed by atoms with van der Waals surface area (Å²) in [7, 11) is 1.63. The zero-order chi connectivity index (χ0) is 17.5. The Bertz CT molecular complexity index is 703. The molecule has 1 aliphatic heterocycles. The van der Waals surface area contributed by atoms with Gasteiger partial charge in [-0.15, -0.1) is 10.2 Å². The smallest absolute Gasteiger partial charge is 0.244 e. The van der Waals surface area contributed by atoms with Crippen molar-refractivity contribution < 1.29 is 9.53 Å². The van der Waals surface area contributed by atoms with E-state index in [1.165, 1.54) is 29.5 Å². The molecule has 1 aliphatic rings. The molecular weight excluding hydrogens is 358 g/mol. The van der Waals surface area contributed by atoms with Gasteiger partial charge in [0.15, 0.2) is 4.34 Å². The van der Waals surface area contributed by atoms with Gasteiger partial charge in [0.1, 0.15) is 5.75 Å². The van der Waals surface area contributed by atoms with Gasteiger partial charge in [-0.1, -0.05) is 35.6 Å². The highest BCUT2D eigenvalue weighted by Gasteiger charge is 2.14. The predicted octanol–water partition coefficient (Wildman–Crippen LogP) is 2.90. The molecule has 1 aromatic heterocycles. The number of hydrazine groups is 1. The van der Waals surface area contributed by atoms with E-state index in [1.54, 1.807) is 7.11 Å². The van der Waals surface area contributed by atoms with Crippen LogP contribution in [0.1, 0.15) is 19.3 Å². The lowest BCUT2D eigenvalue weighted by Crippen LogP contribution is -2.45. The number of nitrogens with zero attached hydrogens (tertiary/aromatic N) is 3. The number of hydrogen-bond acceptors (Lipinski definition) is 8. The third-order valence-electron chi connectivity index (χ3n) is 3.69. The topological polar surface area (TPSA) is 79.4 Å². The average molecular weight is 380 g/mol. The standard InChI is InChI=1S/C16H21N5O2S2/c1-23-13-7-5-6-12(10-13)17-15-18-19-16(25-15)24-11-14(22)20-21-8-3-2-4-9-21/h5-7,10H,2-4,8-9,11H2,1H3,(H,17,18)(H,20,22). The maximum Gasteiger partial charge on any atom is 0.244 e. The van der Waals surface area contributed by atoms with Crippen LogP contribution in [0, 0.1) is 0 Å². The van der Waals surface area contributed by atoms with Crippen LogP contribution in [-0.2, 0) is 4.79 Å². The Morgan fingerprint density at radius 3 is 2.96 bits per heavy atom. The number of amides is 1. The molecule has 1 amide bonds. The van der Waals surface area contributed by atoms with Crippen LogP contribution in [0.2, 0.25) is 0 Å². The van der Waals surface area contributed by atoms with Gasteiger partial charge in [0.25, 0.3) is 0 Å². The lowest BCUT2D eigenvalue weighted by molar-refractivity contribution is -0.123. The molecule has 2 aromatic rings. The Hall–Kier alpha value is -1.84. The minimum absolute atomic E-state index is 0.00408. The van der Waals surface area contributed by atoms with E-state index in [1.807, 2.05) is 29.3 Å². The van der Waals surface area contributed by atoms with Crippen molar-refractivity contribution in [1.82, 2.24) is 20.6 Å². The molecule has 0 radical (unpaired) electrons. The zero-order valence-corrected chi connectivity index (χ0v) is 15.7. The normalized spacial score (nSPS) is 14.9. The van der Waals surface area contributed by atoms with E-state index >= 15 is 0 Å². The second kappa shape index (κ2) is 9.02. The van der Waals surface area contributed by atoms with Gasteiger partial charge < -0.3 is 10.1 Å². The van der Waals surface area contributed by atoms with Crippen molar-refractivity contribution in [3.63, 3.8) is 0 Å². The van der Waals surface area contributed by atoms with Crippen LogP contribution in [0.25, 0.3) is 0 Å². The Morgan fingerprint density at radius 2 is 2.16 bits per heavy atom. The second-order valence-corrected chi connectivity index (χ2v) is 7.80. The Balaban J connectivity index is 1.47. The number of hydrogen-bond donors (Lipinski definition) is 2. The van der Waals surface area contributed by atoms with Crippen molar-refractivity contribution in [2.75, 3.05) is 31.3 Å². The number of anilines is 2. The quantitative estimate of drug-likeness (QED) is 0.716. The van der Waals surface area contributed by atoms with Gasteiger partial charge in [-0.25, -0.2) is 5.01 Å². The number of nitrogens with one attached hydrogen (secondary N) is 2. The fourth-order valence-corrected chi connectivity index (χ4v) is 4.05. The summed E-state index contributed by atoms with van der Waals surface area (Å²) in [5.74, 6) is 1.12. The van der Waals surface area contributed by atoms with Crippen LogP contribution >= 0.6 is 23.1 Å². The summed E-state index contributed by atoms with van der Waals surface area (Å²) in [5, 5.41) is 14.1. The first-order chi connectivity index (χ1) is 12.2. The van der Waals surface area contributed by atoms with Gasteiger partial charge >= 0.3 is 0 Å². The number of ether oxygens (including phenoxy) is 1. The fourth-order valence-electron chi connectivity index (χ4n) is 2.48. The first-order valence-electron chi connectivity index (χ1n) is 8.15. The summed E-state index contributed by atoms with van der Waals surface area (Å²) >= 11 is 2.82. The highest BCUT2D eigenvalue weighted by molar-refractivity contribution is 8.01. The molecule has 134 valence electrons. The van der Waals surface area contributed by atoms with Gasteiger partial charge in [-0.3, -0.25) is 10.2 Å². The van der Waals surface area contributed by atoms with Gasteiger partial charge in [-0.2, -0.15) is 0 Å². The molecule has 0 atom stereocenters. The van der Waals surface area contributed by atoms with E-state index in [2.05, 4.69) is 20.9 Å². The molecule has 3 rings (SSSR count). The minimum atomic E-state index is 0.00408. The summed E-state index contributed by atoms with van der Waals surface area (Å²) in [6, 6.07) is 7.61. The van der Waals surface area contributed by atoms with Crippen molar-refractivity contribution in [1.29, 1.82) is 0 Å². The summed E-state index contributed by atoms with van der Waals surface area (Å²) in [6.45, 7) is 1.87. The molecule has 9 heteroatoms. The number of rotatable bonds is 7. The van der Waals surface area contributed by atoms with Crippen molar-refractivity contribution in [3.05, 3.63) is 24.3 Å². The van der Waals surface area contributed by atoms with E-state index in [9.17, 15) is 4.79 Å². The molecule has 0 spiro atoms. The highest BCUT2D eigenvalue weighted by Crippen LogP contribution is 2.28. The third kappa shape index (κ3) is 5.58. The van der Waals surface area contributed by atoms with Crippen LogP contribution in [0.15, 0.2) is 28.6 Å².